The number of hydrogen-bond acceptors (Lipinski definition) is 5. The third-order valence-electron chi connectivity index (χ3n) is 7.26. The largest absolute Gasteiger partial charge is 0.353 e. The number of aromatic nitrogens is 1. The van der Waals surface area contributed by atoms with Gasteiger partial charge in [0.1, 0.15) is 11.8 Å². The number of nitrogens with zero attached hydrogens (tertiary/aromatic N) is 3. The van der Waals surface area contributed by atoms with Gasteiger partial charge in [0.2, 0.25) is 5.91 Å². The number of rotatable bonds is 5. The normalized spacial score (nSPS) is 18.4. The van der Waals surface area contributed by atoms with Crippen molar-refractivity contribution >= 4 is 29.3 Å². The molecule has 9 heteroatoms. The summed E-state index contributed by atoms with van der Waals surface area (Å²) >= 11 is 6.26. The Morgan fingerprint density at radius 2 is 1.66 bits per heavy atom. The number of aryl methyl sites for hydroxylation is 1. The lowest BCUT2D eigenvalue weighted by Gasteiger charge is -2.44. The van der Waals surface area contributed by atoms with Crippen LogP contribution in [0.3, 0.4) is 0 Å². The van der Waals surface area contributed by atoms with Crippen molar-refractivity contribution in [3.8, 4) is 0 Å². The van der Waals surface area contributed by atoms with Crippen LogP contribution in [0.1, 0.15) is 44.8 Å². The molecule has 3 aromatic rings. The molecule has 0 saturated carbocycles. The summed E-state index contributed by atoms with van der Waals surface area (Å²) in [5, 5.41) is 3.31. The number of likely N-dealkylation sites (tertiary alicyclic amines) is 1. The Kier molecular flexibility index (Phi) is 7.44. The van der Waals surface area contributed by atoms with Crippen LogP contribution >= 0.6 is 11.6 Å². The summed E-state index contributed by atoms with van der Waals surface area (Å²) in [5.41, 5.74) is 1.51. The van der Waals surface area contributed by atoms with Crippen LogP contribution < -0.4 is 5.32 Å². The summed E-state index contributed by atoms with van der Waals surface area (Å²) in [5.74, 6) is -0.724. The smallest absolute Gasteiger partial charge is 0.257 e. The van der Waals surface area contributed by atoms with Gasteiger partial charge in [0.05, 0.1) is 29.4 Å². The lowest BCUT2D eigenvalue weighted by molar-refractivity contribution is -0.128. The zero-order chi connectivity index (χ0) is 26.7. The molecule has 2 saturated heterocycles. The lowest BCUT2D eigenvalue weighted by Crippen LogP contribution is -2.59. The quantitative estimate of drug-likeness (QED) is 0.539. The second-order valence-electron chi connectivity index (χ2n) is 9.57. The topological polar surface area (TPSA) is 91.8 Å². The van der Waals surface area contributed by atoms with Crippen LogP contribution in [0.15, 0.2) is 72.9 Å². The van der Waals surface area contributed by atoms with Crippen LogP contribution in [0.25, 0.3) is 0 Å². The fraction of sp³-hybridized carbons (Fsp3) is 0.310. The molecular formula is C29H29ClN4O4. The molecule has 3 heterocycles. The fourth-order valence-electron chi connectivity index (χ4n) is 5.17. The Morgan fingerprint density at radius 1 is 0.974 bits per heavy atom. The van der Waals surface area contributed by atoms with E-state index in [1.165, 1.54) is 0 Å². The van der Waals surface area contributed by atoms with Gasteiger partial charge >= 0.3 is 0 Å². The third-order valence-corrected chi connectivity index (χ3v) is 7.59. The molecule has 2 aromatic carbocycles. The molecule has 2 aliphatic heterocycles. The predicted molar refractivity (Wildman–Crippen MR) is 142 cm³/mol. The number of amides is 3. The highest BCUT2D eigenvalue weighted by molar-refractivity contribution is 6.33. The predicted octanol–water partition coefficient (Wildman–Crippen LogP) is 3.83. The minimum absolute atomic E-state index is 0.0735. The van der Waals surface area contributed by atoms with Crippen LogP contribution in [0.5, 0.6) is 0 Å². The first-order valence-electron chi connectivity index (χ1n) is 12.6. The van der Waals surface area contributed by atoms with Crippen molar-refractivity contribution in [2.75, 3.05) is 19.7 Å². The fourth-order valence-corrected chi connectivity index (χ4v) is 5.39. The van der Waals surface area contributed by atoms with Crippen molar-refractivity contribution in [1.29, 1.82) is 0 Å². The average molecular weight is 533 g/mol. The number of halogens is 1. The zero-order valence-electron chi connectivity index (χ0n) is 21.1. The number of benzene rings is 2. The van der Waals surface area contributed by atoms with E-state index in [4.69, 9.17) is 16.3 Å². The maximum atomic E-state index is 14.0. The molecule has 0 radical (unpaired) electrons. The van der Waals surface area contributed by atoms with E-state index in [-0.39, 0.29) is 30.9 Å². The van der Waals surface area contributed by atoms with E-state index in [0.29, 0.717) is 42.1 Å². The summed E-state index contributed by atoms with van der Waals surface area (Å²) in [7, 11) is 0. The second-order valence-corrected chi connectivity index (χ2v) is 9.98. The second kappa shape index (κ2) is 10.9. The Morgan fingerprint density at radius 3 is 2.34 bits per heavy atom. The van der Waals surface area contributed by atoms with Gasteiger partial charge in [0.25, 0.3) is 11.8 Å². The highest BCUT2D eigenvalue weighted by atomic mass is 35.5. The van der Waals surface area contributed by atoms with Crippen molar-refractivity contribution < 1.29 is 19.1 Å². The van der Waals surface area contributed by atoms with Gasteiger partial charge in [-0.3, -0.25) is 24.3 Å². The molecule has 3 amide bonds. The van der Waals surface area contributed by atoms with Crippen LogP contribution in [0.2, 0.25) is 5.02 Å². The number of ether oxygens (including phenoxy) is 1. The van der Waals surface area contributed by atoms with Crippen molar-refractivity contribution in [2.45, 2.75) is 38.1 Å². The number of nitrogens with one attached hydrogen (secondary N) is 1. The number of hydrogen-bond donors (Lipinski definition) is 1. The molecule has 1 spiro atoms. The molecule has 196 valence electrons. The third kappa shape index (κ3) is 5.01. The molecule has 2 fully saturated rings. The van der Waals surface area contributed by atoms with Gasteiger partial charge in [-0.15, -0.1) is 0 Å². The minimum Gasteiger partial charge on any atom is -0.353 e. The van der Waals surface area contributed by atoms with E-state index in [1.54, 1.807) is 46.3 Å². The Labute approximate surface area is 226 Å². The average Bonchev–Trinajstić information content (AvgIpc) is 3.31. The molecule has 0 bridgehead atoms. The summed E-state index contributed by atoms with van der Waals surface area (Å²) < 4.78 is 6.28. The van der Waals surface area contributed by atoms with E-state index in [1.807, 2.05) is 43.3 Å². The van der Waals surface area contributed by atoms with Crippen molar-refractivity contribution in [3.05, 3.63) is 100 Å². The summed E-state index contributed by atoms with van der Waals surface area (Å²) in [6.45, 7) is 2.92. The lowest BCUT2D eigenvalue weighted by atomic mass is 9.95. The van der Waals surface area contributed by atoms with Crippen LogP contribution in [0, 0.1) is 6.92 Å². The van der Waals surface area contributed by atoms with Crippen LogP contribution in [-0.4, -0.2) is 64.0 Å². The number of carbonyl (C=O) groups excluding carboxylic acids is 3. The first kappa shape index (κ1) is 25.9. The maximum Gasteiger partial charge on any atom is 0.257 e. The van der Waals surface area contributed by atoms with Crippen molar-refractivity contribution in [1.82, 2.24) is 20.1 Å². The SMILES string of the molecule is Cc1ccccc1C(=O)N1[C@@H](C(=O)NCc2ccccn2)COC12CCN(C(=O)c1ccccc1Cl)CC2. The van der Waals surface area contributed by atoms with Gasteiger partial charge in [0, 0.05) is 37.7 Å². The zero-order valence-corrected chi connectivity index (χ0v) is 21.9. The molecule has 1 N–H and O–H groups in total. The van der Waals surface area contributed by atoms with Gasteiger partial charge < -0.3 is 15.0 Å². The number of carbonyl (C=O) groups is 3. The van der Waals surface area contributed by atoms with E-state index in [2.05, 4.69) is 10.3 Å². The minimum atomic E-state index is -0.996. The first-order valence-corrected chi connectivity index (χ1v) is 13.0. The molecule has 0 aliphatic carbocycles. The van der Waals surface area contributed by atoms with Gasteiger partial charge in [-0.1, -0.05) is 48.0 Å². The summed E-state index contributed by atoms with van der Waals surface area (Å²) in [6, 6.07) is 19.0. The molecule has 2 aliphatic rings. The molecule has 38 heavy (non-hydrogen) atoms. The molecule has 5 rings (SSSR count). The van der Waals surface area contributed by atoms with E-state index >= 15 is 0 Å². The molecule has 1 aromatic heterocycles. The van der Waals surface area contributed by atoms with Crippen molar-refractivity contribution in [2.24, 2.45) is 0 Å². The standard InChI is InChI=1S/C29H29ClN4O4/c1-20-8-2-3-10-22(20)28(37)34-25(26(35)32-18-21-9-6-7-15-31-21)19-38-29(34)13-16-33(17-14-29)27(36)23-11-4-5-12-24(23)30/h2-12,15,25H,13-14,16-19H2,1H3,(H,32,35)/t25-/m1/s1. The summed E-state index contributed by atoms with van der Waals surface area (Å²) in [6.07, 6.45) is 2.43. The highest BCUT2D eigenvalue weighted by Crippen LogP contribution is 2.39. The van der Waals surface area contributed by atoms with Gasteiger partial charge in [-0.05, 0) is 42.8 Å². The van der Waals surface area contributed by atoms with Crippen LogP contribution in [0.4, 0.5) is 0 Å². The van der Waals surface area contributed by atoms with E-state index in [0.717, 1.165) is 11.3 Å². The molecule has 8 nitrogen and oxygen atoms in total. The van der Waals surface area contributed by atoms with Crippen molar-refractivity contribution in [3.63, 3.8) is 0 Å². The molecular weight excluding hydrogens is 504 g/mol. The van der Waals surface area contributed by atoms with Gasteiger partial charge in [-0.25, -0.2) is 0 Å². The molecule has 1 atom stereocenters. The van der Waals surface area contributed by atoms with Crippen LogP contribution in [-0.2, 0) is 16.1 Å². The summed E-state index contributed by atoms with van der Waals surface area (Å²) in [4.78, 5) is 48.1. The number of piperidine rings is 1. The van der Waals surface area contributed by atoms with E-state index in [9.17, 15) is 14.4 Å². The Bertz CT molecular complexity index is 1340. The van der Waals surface area contributed by atoms with Gasteiger partial charge in [-0.2, -0.15) is 0 Å². The first-order chi connectivity index (χ1) is 18.4. The highest BCUT2D eigenvalue weighted by Gasteiger charge is 2.54. The van der Waals surface area contributed by atoms with Gasteiger partial charge in [0.15, 0.2) is 0 Å². The van der Waals surface area contributed by atoms with E-state index < -0.39 is 11.8 Å². The monoisotopic (exact) mass is 532 g/mol. The maximum absolute atomic E-state index is 14.0. The number of pyridine rings is 1. The molecule has 0 unspecified atom stereocenters. The Balaban J connectivity index is 1.38. The Hall–Kier alpha value is -3.75.